The summed E-state index contributed by atoms with van der Waals surface area (Å²) in [5.74, 6) is -1.05. The maximum absolute atomic E-state index is 13.5. The zero-order chi connectivity index (χ0) is 28.9. The molecule has 4 rings (SSSR count). The first-order chi connectivity index (χ1) is 19.0. The van der Waals surface area contributed by atoms with E-state index in [1.54, 1.807) is 49.4 Å². The fraction of sp³-hybridized carbons (Fsp3) is 0.310. The maximum Gasteiger partial charge on any atom is 0.242 e. The lowest BCUT2D eigenvalue weighted by atomic mass is 10.1. The van der Waals surface area contributed by atoms with Crippen molar-refractivity contribution in [3.63, 3.8) is 0 Å². The molecule has 40 heavy (non-hydrogen) atoms. The molecule has 1 aliphatic rings. The van der Waals surface area contributed by atoms with E-state index in [9.17, 15) is 22.4 Å². The van der Waals surface area contributed by atoms with Gasteiger partial charge in [-0.3, -0.25) is 9.59 Å². The Hall–Kier alpha value is -2.98. The van der Waals surface area contributed by atoms with Gasteiger partial charge in [-0.15, -0.1) is 0 Å². The fourth-order valence-corrected chi connectivity index (χ4v) is 5.86. The van der Waals surface area contributed by atoms with E-state index in [1.165, 1.54) is 29.2 Å². The lowest BCUT2D eigenvalue weighted by molar-refractivity contribution is -0.140. The van der Waals surface area contributed by atoms with Crippen LogP contribution in [0.4, 0.5) is 4.39 Å². The molecule has 3 aromatic carbocycles. The first-order valence-electron chi connectivity index (χ1n) is 12.9. The summed E-state index contributed by atoms with van der Waals surface area (Å²) in [5, 5.41) is 3.72. The second kappa shape index (κ2) is 13.1. The average molecular weight is 607 g/mol. The second-order valence-electron chi connectivity index (χ2n) is 9.82. The molecule has 11 heteroatoms. The molecule has 7 nitrogen and oxygen atoms in total. The number of sulfonamides is 1. The van der Waals surface area contributed by atoms with E-state index in [1.807, 2.05) is 0 Å². The van der Waals surface area contributed by atoms with Gasteiger partial charge in [0, 0.05) is 35.6 Å². The Bertz CT molecular complexity index is 1460. The molecule has 2 N–H and O–H groups in total. The molecule has 1 saturated carbocycles. The normalized spacial score (nSPS) is 14.0. The number of rotatable bonds is 12. The molecule has 1 atom stereocenters. The van der Waals surface area contributed by atoms with E-state index in [-0.39, 0.29) is 42.3 Å². The van der Waals surface area contributed by atoms with E-state index >= 15 is 0 Å². The van der Waals surface area contributed by atoms with Gasteiger partial charge >= 0.3 is 0 Å². The van der Waals surface area contributed by atoms with Crippen LogP contribution in [0.2, 0.25) is 10.0 Å². The first kappa shape index (κ1) is 30.0. The summed E-state index contributed by atoms with van der Waals surface area (Å²) in [6.07, 6.45) is 2.14. The molecule has 0 bridgehead atoms. The zero-order valence-electron chi connectivity index (χ0n) is 21.9. The summed E-state index contributed by atoms with van der Waals surface area (Å²) in [5.41, 5.74) is 2.14. The Morgan fingerprint density at radius 3 is 2.27 bits per heavy atom. The van der Waals surface area contributed by atoms with Crippen LogP contribution in [-0.4, -0.2) is 37.2 Å². The number of benzene rings is 3. The molecular formula is C29H30Cl2FN3O4S. The number of hydrogen-bond donors (Lipinski definition) is 2. The van der Waals surface area contributed by atoms with Crippen molar-refractivity contribution >= 4 is 45.0 Å². The van der Waals surface area contributed by atoms with Crippen molar-refractivity contribution in [3.05, 3.63) is 99.3 Å². The van der Waals surface area contributed by atoms with Gasteiger partial charge in [-0.2, -0.15) is 0 Å². The number of nitrogens with zero attached hydrogens (tertiary/aromatic N) is 1. The standard InChI is InChI=1S/C29H30Cl2FN3O4S/c1-19(29(37)33-17-22-7-8-23(30)16-27(22)31)35(18-21-2-9-24(32)10-3-21)28(36)15-6-20-4-13-26(14-5-20)40(38,39)34-25-11-12-25/h2-5,7-10,13-14,16,19,25,34H,6,11-12,15,17-18H2,1H3,(H,33,37). The van der Waals surface area contributed by atoms with Crippen LogP contribution in [0, 0.1) is 5.82 Å². The van der Waals surface area contributed by atoms with Crippen LogP contribution >= 0.6 is 23.2 Å². The van der Waals surface area contributed by atoms with Crippen LogP contribution in [0.1, 0.15) is 42.9 Å². The van der Waals surface area contributed by atoms with Gasteiger partial charge in [0.25, 0.3) is 0 Å². The van der Waals surface area contributed by atoms with E-state index in [4.69, 9.17) is 23.2 Å². The van der Waals surface area contributed by atoms with Gasteiger partial charge in [0.2, 0.25) is 21.8 Å². The third-order valence-electron chi connectivity index (χ3n) is 6.66. The van der Waals surface area contributed by atoms with Crippen molar-refractivity contribution in [2.75, 3.05) is 0 Å². The van der Waals surface area contributed by atoms with E-state index in [2.05, 4.69) is 10.0 Å². The number of amides is 2. The minimum Gasteiger partial charge on any atom is -0.350 e. The molecule has 0 radical (unpaired) electrons. The summed E-state index contributed by atoms with van der Waals surface area (Å²) in [4.78, 5) is 28.1. The Morgan fingerprint density at radius 2 is 1.65 bits per heavy atom. The zero-order valence-corrected chi connectivity index (χ0v) is 24.2. The summed E-state index contributed by atoms with van der Waals surface area (Å²) >= 11 is 12.2. The molecule has 0 aromatic heterocycles. The summed E-state index contributed by atoms with van der Waals surface area (Å²) in [6.45, 7) is 1.90. The average Bonchev–Trinajstić information content (AvgIpc) is 3.74. The first-order valence-corrected chi connectivity index (χ1v) is 15.1. The van der Waals surface area contributed by atoms with Crippen molar-refractivity contribution in [2.24, 2.45) is 0 Å². The van der Waals surface area contributed by atoms with Crippen LogP contribution in [-0.2, 0) is 39.1 Å². The third-order valence-corrected chi connectivity index (χ3v) is 8.79. The van der Waals surface area contributed by atoms with Crippen LogP contribution in [0.5, 0.6) is 0 Å². The molecule has 212 valence electrons. The van der Waals surface area contributed by atoms with E-state index < -0.39 is 21.9 Å². The van der Waals surface area contributed by atoms with E-state index in [0.717, 1.165) is 18.4 Å². The lowest BCUT2D eigenvalue weighted by Crippen LogP contribution is -2.47. The van der Waals surface area contributed by atoms with Crippen LogP contribution in [0.15, 0.2) is 71.6 Å². The van der Waals surface area contributed by atoms with E-state index in [0.29, 0.717) is 27.6 Å². The van der Waals surface area contributed by atoms with Gasteiger partial charge in [-0.1, -0.05) is 53.5 Å². The summed E-state index contributed by atoms with van der Waals surface area (Å²) < 4.78 is 40.9. The molecule has 2 amide bonds. The largest absolute Gasteiger partial charge is 0.350 e. The van der Waals surface area contributed by atoms with Gasteiger partial charge in [0.05, 0.1) is 4.90 Å². The molecule has 1 fully saturated rings. The predicted molar refractivity (Wildman–Crippen MR) is 153 cm³/mol. The number of carbonyl (C=O) groups excluding carboxylic acids is 2. The fourth-order valence-electron chi connectivity index (χ4n) is 4.08. The molecular weight excluding hydrogens is 576 g/mol. The van der Waals surface area contributed by atoms with Gasteiger partial charge < -0.3 is 10.2 Å². The molecule has 1 aliphatic carbocycles. The number of aryl methyl sites for hydroxylation is 1. The van der Waals surface area contributed by atoms with Crippen LogP contribution in [0.25, 0.3) is 0 Å². The lowest BCUT2D eigenvalue weighted by Gasteiger charge is -2.29. The van der Waals surface area contributed by atoms with Gasteiger partial charge in [-0.05, 0) is 79.3 Å². The van der Waals surface area contributed by atoms with Crippen molar-refractivity contribution in [1.82, 2.24) is 14.9 Å². The SMILES string of the molecule is CC(C(=O)NCc1ccc(Cl)cc1Cl)N(Cc1ccc(F)cc1)C(=O)CCc1ccc(S(=O)(=O)NC2CC2)cc1. The minimum absolute atomic E-state index is 0.0109. The molecule has 0 spiro atoms. The third kappa shape index (κ3) is 8.27. The summed E-state index contributed by atoms with van der Waals surface area (Å²) in [6, 6.07) is 16.3. The highest BCUT2D eigenvalue weighted by Gasteiger charge is 2.28. The van der Waals surface area contributed by atoms with Crippen LogP contribution < -0.4 is 10.0 Å². The molecule has 3 aromatic rings. The molecule has 1 unspecified atom stereocenters. The monoisotopic (exact) mass is 605 g/mol. The van der Waals surface area contributed by atoms with Crippen molar-refractivity contribution in [3.8, 4) is 0 Å². The molecule has 0 saturated heterocycles. The minimum atomic E-state index is -3.56. The Balaban J connectivity index is 1.42. The topological polar surface area (TPSA) is 95.6 Å². The molecule has 0 aliphatic heterocycles. The number of nitrogens with one attached hydrogen (secondary N) is 2. The highest BCUT2D eigenvalue weighted by molar-refractivity contribution is 7.89. The van der Waals surface area contributed by atoms with Crippen molar-refractivity contribution < 1.29 is 22.4 Å². The highest BCUT2D eigenvalue weighted by atomic mass is 35.5. The smallest absolute Gasteiger partial charge is 0.242 e. The number of hydrogen-bond acceptors (Lipinski definition) is 4. The second-order valence-corrected chi connectivity index (χ2v) is 12.4. The Labute approximate surface area is 243 Å². The maximum atomic E-state index is 13.5. The summed E-state index contributed by atoms with van der Waals surface area (Å²) in [7, 11) is -3.56. The van der Waals surface area contributed by atoms with Crippen molar-refractivity contribution in [1.29, 1.82) is 0 Å². The Kier molecular flexibility index (Phi) is 9.84. The number of halogens is 3. The highest BCUT2D eigenvalue weighted by Crippen LogP contribution is 2.23. The van der Waals surface area contributed by atoms with Crippen molar-refractivity contribution in [2.45, 2.75) is 62.7 Å². The van der Waals surface area contributed by atoms with Gasteiger partial charge in [0.15, 0.2) is 0 Å². The molecule has 0 heterocycles. The quantitative estimate of drug-likeness (QED) is 0.295. The Morgan fingerprint density at radius 1 is 1.00 bits per heavy atom. The number of carbonyl (C=O) groups is 2. The predicted octanol–water partition coefficient (Wildman–Crippen LogP) is 5.24. The van der Waals surface area contributed by atoms with Gasteiger partial charge in [0.1, 0.15) is 11.9 Å². The van der Waals surface area contributed by atoms with Crippen LogP contribution in [0.3, 0.4) is 0 Å². The van der Waals surface area contributed by atoms with Gasteiger partial charge in [-0.25, -0.2) is 17.5 Å².